The number of halogens is 1. The van der Waals surface area contributed by atoms with Crippen molar-refractivity contribution in [1.82, 2.24) is 5.32 Å². The highest BCUT2D eigenvalue weighted by atomic mass is 79.9. The van der Waals surface area contributed by atoms with Gasteiger partial charge < -0.3 is 10.1 Å². The number of ether oxygens (including phenoxy) is 1. The van der Waals surface area contributed by atoms with E-state index in [4.69, 9.17) is 4.74 Å². The van der Waals surface area contributed by atoms with E-state index in [1.807, 2.05) is 12.1 Å². The van der Waals surface area contributed by atoms with Crippen molar-refractivity contribution < 1.29 is 4.74 Å². The molecule has 1 N–H and O–H groups in total. The van der Waals surface area contributed by atoms with Gasteiger partial charge in [0.1, 0.15) is 5.75 Å². The summed E-state index contributed by atoms with van der Waals surface area (Å²) in [6.07, 6.45) is 2.62. The molecule has 0 radical (unpaired) electrons. The minimum Gasteiger partial charge on any atom is -0.497 e. The van der Waals surface area contributed by atoms with Crippen LogP contribution in [0.5, 0.6) is 5.75 Å². The number of hydrogen-bond donors (Lipinski definition) is 1. The van der Waals surface area contributed by atoms with E-state index in [9.17, 15) is 0 Å². The highest BCUT2D eigenvalue weighted by Crippen LogP contribution is 2.34. The lowest BCUT2D eigenvalue weighted by Gasteiger charge is -2.11. The summed E-state index contributed by atoms with van der Waals surface area (Å²) >= 11 is 5.35. The first-order chi connectivity index (χ1) is 10.2. The summed E-state index contributed by atoms with van der Waals surface area (Å²) in [4.78, 5) is 2.49. The van der Waals surface area contributed by atoms with Crippen molar-refractivity contribution in [3.05, 3.63) is 52.5 Å². The van der Waals surface area contributed by atoms with Gasteiger partial charge in [-0.3, -0.25) is 0 Å². The molecule has 0 spiro atoms. The zero-order chi connectivity index (χ0) is 14.7. The van der Waals surface area contributed by atoms with Crippen molar-refractivity contribution in [2.75, 3.05) is 7.11 Å². The van der Waals surface area contributed by atoms with E-state index in [2.05, 4.69) is 51.6 Å². The van der Waals surface area contributed by atoms with Crippen LogP contribution in [-0.4, -0.2) is 13.2 Å². The molecule has 0 unspecified atom stereocenters. The van der Waals surface area contributed by atoms with Crippen LogP contribution in [0.4, 0.5) is 0 Å². The normalized spacial score (nSPS) is 14.2. The Balaban J connectivity index is 1.79. The summed E-state index contributed by atoms with van der Waals surface area (Å²) in [5.41, 5.74) is 1.34. The first-order valence-electron chi connectivity index (χ1n) is 7.08. The SMILES string of the molecule is COc1cccc(Sc2ccc(Br)cc2CNC2CC2)c1. The van der Waals surface area contributed by atoms with Gasteiger partial charge in [0.05, 0.1) is 7.11 Å². The van der Waals surface area contributed by atoms with Gasteiger partial charge in [0.15, 0.2) is 0 Å². The molecular weight excluding hydrogens is 346 g/mol. The van der Waals surface area contributed by atoms with Crippen molar-refractivity contribution in [2.24, 2.45) is 0 Å². The minimum absolute atomic E-state index is 0.721. The number of nitrogens with one attached hydrogen (secondary N) is 1. The molecule has 2 aromatic rings. The van der Waals surface area contributed by atoms with Crippen LogP contribution in [0.3, 0.4) is 0 Å². The number of hydrogen-bond acceptors (Lipinski definition) is 3. The van der Waals surface area contributed by atoms with E-state index in [0.29, 0.717) is 0 Å². The van der Waals surface area contributed by atoms with Crippen molar-refractivity contribution >= 4 is 27.7 Å². The molecule has 21 heavy (non-hydrogen) atoms. The summed E-state index contributed by atoms with van der Waals surface area (Å²) in [5.74, 6) is 0.898. The molecule has 3 rings (SSSR count). The van der Waals surface area contributed by atoms with Gasteiger partial charge >= 0.3 is 0 Å². The maximum Gasteiger partial charge on any atom is 0.119 e. The van der Waals surface area contributed by atoms with E-state index >= 15 is 0 Å². The van der Waals surface area contributed by atoms with E-state index in [1.54, 1.807) is 18.9 Å². The number of methoxy groups -OCH3 is 1. The Morgan fingerprint density at radius 3 is 2.86 bits per heavy atom. The molecule has 1 saturated carbocycles. The van der Waals surface area contributed by atoms with Gasteiger partial charge in [0.25, 0.3) is 0 Å². The van der Waals surface area contributed by atoms with Gasteiger partial charge in [-0.1, -0.05) is 33.8 Å². The average Bonchev–Trinajstić information content (AvgIpc) is 3.32. The summed E-state index contributed by atoms with van der Waals surface area (Å²) in [6, 6.07) is 15.4. The lowest BCUT2D eigenvalue weighted by molar-refractivity contribution is 0.413. The first kappa shape index (κ1) is 14.9. The van der Waals surface area contributed by atoms with Gasteiger partial charge in [-0.05, 0) is 54.8 Å². The predicted molar refractivity (Wildman–Crippen MR) is 91.1 cm³/mol. The molecule has 2 nitrogen and oxygen atoms in total. The Labute approximate surface area is 138 Å². The van der Waals surface area contributed by atoms with Gasteiger partial charge in [-0.2, -0.15) is 0 Å². The zero-order valence-corrected chi connectivity index (χ0v) is 14.3. The highest BCUT2D eigenvalue weighted by Gasteiger charge is 2.20. The van der Waals surface area contributed by atoms with Crippen LogP contribution >= 0.6 is 27.7 Å². The fourth-order valence-corrected chi connectivity index (χ4v) is 3.50. The summed E-state index contributed by atoms with van der Waals surface area (Å²) in [7, 11) is 1.70. The Morgan fingerprint density at radius 2 is 2.10 bits per heavy atom. The van der Waals surface area contributed by atoms with Gasteiger partial charge in [0.2, 0.25) is 0 Å². The quantitative estimate of drug-likeness (QED) is 0.791. The Bertz CT molecular complexity index is 628. The van der Waals surface area contributed by atoms with E-state index in [-0.39, 0.29) is 0 Å². The molecule has 0 heterocycles. The van der Waals surface area contributed by atoms with Gasteiger partial charge in [0, 0.05) is 26.9 Å². The van der Waals surface area contributed by atoms with Gasteiger partial charge in [-0.25, -0.2) is 0 Å². The maximum atomic E-state index is 5.30. The second kappa shape index (κ2) is 6.86. The van der Waals surface area contributed by atoms with Crippen LogP contribution in [0, 0.1) is 0 Å². The molecule has 4 heteroatoms. The largest absolute Gasteiger partial charge is 0.497 e. The third-order valence-electron chi connectivity index (χ3n) is 3.45. The number of benzene rings is 2. The molecular formula is C17H18BrNOS. The molecule has 0 saturated heterocycles. The Morgan fingerprint density at radius 1 is 1.24 bits per heavy atom. The lowest BCUT2D eigenvalue weighted by Crippen LogP contribution is -2.15. The van der Waals surface area contributed by atoms with Crippen molar-refractivity contribution in [2.45, 2.75) is 35.2 Å². The fraction of sp³-hybridized carbons (Fsp3) is 0.294. The van der Waals surface area contributed by atoms with Crippen LogP contribution in [-0.2, 0) is 6.54 Å². The second-order valence-electron chi connectivity index (χ2n) is 5.19. The van der Waals surface area contributed by atoms with Crippen LogP contribution in [0.1, 0.15) is 18.4 Å². The lowest BCUT2D eigenvalue weighted by atomic mass is 10.2. The third-order valence-corrected chi connectivity index (χ3v) is 5.05. The van der Waals surface area contributed by atoms with E-state index in [1.165, 1.54) is 28.2 Å². The molecule has 0 amide bonds. The topological polar surface area (TPSA) is 21.3 Å². The van der Waals surface area contributed by atoms with Crippen LogP contribution in [0.25, 0.3) is 0 Å². The minimum atomic E-state index is 0.721. The molecule has 110 valence electrons. The average molecular weight is 364 g/mol. The molecule has 0 atom stereocenters. The number of rotatable bonds is 6. The Hall–Kier alpha value is -0.970. The van der Waals surface area contributed by atoms with Crippen LogP contribution < -0.4 is 10.1 Å². The first-order valence-corrected chi connectivity index (χ1v) is 8.69. The summed E-state index contributed by atoms with van der Waals surface area (Å²) in [6.45, 7) is 0.927. The zero-order valence-electron chi connectivity index (χ0n) is 11.9. The van der Waals surface area contributed by atoms with Crippen LogP contribution in [0.15, 0.2) is 56.7 Å². The molecule has 1 aliphatic rings. The maximum absolute atomic E-state index is 5.30. The van der Waals surface area contributed by atoms with E-state index < -0.39 is 0 Å². The third kappa shape index (κ3) is 4.25. The second-order valence-corrected chi connectivity index (χ2v) is 7.22. The molecule has 1 fully saturated rings. The van der Waals surface area contributed by atoms with Gasteiger partial charge in [-0.15, -0.1) is 0 Å². The monoisotopic (exact) mass is 363 g/mol. The van der Waals surface area contributed by atoms with E-state index in [0.717, 1.165) is 22.8 Å². The molecule has 0 aromatic heterocycles. The smallest absolute Gasteiger partial charge is 0.119 e. The van der Waals surface area contributed by atoms with Crippen molar-refractivity contribution in [3.8, 4) is 5.75 Å². The van der Waals surface area contributed by atoms with Crippen LogP contribution in [0.2, 0.25) is 0 Å². The fourth-order valence-electron chi connectivity index (χ4n) is 2.12. The van der Waals surface area contributed by atoms with Crippen molar-refractivity contribution in [1.29, 1.82) is 0 Å². The summed E-state index contributed by atoms with van der Waals surface area (Å²) < 4.78 is 6.43. The molecule has 0 bridgehead atoms. The Kier molecular flexibility index (Phi) is 4.88. The molecule has 1 aliphatic carbocycles. The highest BCUT2D eigenvalue weighted by molar-refractivity contribution is 9.10. The molecule has 2 aromatic carbocycles. The predicted octanol–water partition coefficient (Wildman–Crippen LogP) is 4.86. The molecule has 0 aliphatic heterocycles. The summed E-state index contributed by atoms with van der Waals surface area (Å²) in [5, 5.41) is 3.59. The standard InChI is InChI=1S/C17H18BrNOS/c1-20-15-3-2-4-16(10-15)21-17-8-5-13(18)9-12(17)11-19-14-6-7-14/h2-5,8-10,14,19H,6-7,11H2,1H3. The van der Waals surface area contributed by atoms with Crippen molar-refractivity contribution in [3.63, 3.8) is 0 Å².